The maximum atomic E-state index is 10.4. The zero-order valence-electron chi connectivity index (χ0n) is 8.04. The molecule has 1 heterocycles. The van der Waals surface area contributed by atoms with Crippen LogP contribution in [0.15, 0.2) is 28.7 Å². The normalized spacial score (nSPS) is 10.1. The third-order valence-electron chi connectivity index (χ3n) is 1.74. The topological polar surface area (TPSA) is 62.5 Å². The molecule has 1 aromatic rings. The van der Waals surface area contributed by atoms with E-state index >= 15 is 0 Å². The van der Waals surface area contributed by atoms with E-state index in [1.54, 1.807) is 0 Å². The van der Waals surface area contributed by atoms with Gasteiger partial charge in [-0.1, -0.05) is 6.58 Å². The van der Waals surface area contributed by atoms with E-state index in [4.69, 9.17) is 9.52 Å². The largest absolute Gasteiger partial charge is 0.478 e. The molecule has 0 aliphatic carbocycles. The monoisotopic (exact) mass is 195 g/mol. The van der Waals surface area contributed by atoms with Gasteiger partial charge < -0.3 is 14.8 Å². The third kappa shape index (κ3) is 3.06. The van der Waals surface area contributed by atoms with Crippen molar-refractivity contribution in [2.24, 2.45) is 0 Å². The van der Waals surface area contributed by atoms with Crippen molar-refractivity contribution >= 4 is 5.97 Å². The van der Waals surface area contributed by atoms with Gasteiger partial charge in [-0.15, -0.1) is 0 Å². The number of rotatable bonds is 5. The summed E-state index contributed by atoms with van der Waals surface area (Å²) < 4.78 is 5.29. The highest BCUT2D eigenvalue weighted by Crippen LogP contribution is 2.05. The fraction of sp³-hybridized carbons (Fsp3) is 0.300. The van der Waals surface area contributed by atoms with Crippen LogP contribution < -0.4 is 5.32 Å². The molecule has 4 heteroatoms. The number of nitrogens with one attached hydrogen (secondary N) is 1. The summed E-state index contributed by atoms with van der Waals surface area (Å²) in [6.45, 7) is 6.03. The minimum absolute atomic E-state index is 0.147. The number of hydrogen-bond donors (Lipinski definition) is 2. The summed E-state index contributed by atoms with van der Waals surface area (Å²) in [6, 6.07) is 3.72. The lowest BCUT2D eigenvalue weighted by Gasteiger charge is -2.01. The van der Waals surface area contributed by atoms with Crippen molar-refractivity contribution < 1.29 is 14.3 Å². The average molecular weight is 195 g/mol. The van der Waals surface area contributed by atoms with Crippen molar-refractivity contribution in [3.63, 3.8) is 0 Å². The predicted octanol–water partition coefficient (Wildman–Crippen LogP) is 1.32. The summed E-state index contributed by atoms with van der Waals surface area (Å²) in [4.78, 5) is 10.4. The number of furan rings is 1. The summed E-state index contributed by atoms with van der Waals surface area (Å²) in [5.74, 6) is 0.660. The Morgan fingerprint density at radius 3 is 2.86 bits per heavy atom. The van der Waals surface area contributed by atoms with E-state index in [-0.39, 0.29) is 12.1 Å². The summed E-state index contributed by atoms with van der Waals surface area (Å²) in [6.07, 6.45) is 0. The second kappa shape index (κ2) is 4.62. The summed E-state index contributed by atoms with van der Waals surface area (Å²) in [5.41, 5.74) is 0.147. The van der Waals surface area contributed by atoms with E-state index in [2.05, 4.69) is 11.9 Å². The second-order valence-electron chi connectivity index (χ2n) is 3.02. The van der Waals surface area contributed by atoms with E-state index in [1.807, 2.05) is 19.1 Å². The predicted molar refractivity (Wildman–Crippen MR) is 51.9 cm³/mol. The molecule has 1 aromatic heterocycles. The van der Waals surface area contributed by atoms with Gasteiger partial charge >= 0.3 is 5.97 Å². The molecular formula is C10H13NO3. The molecule has 76 valence electrons. The van der Waals surface area contributed by atoms with E-state index in [0.29, 0.717) is 6.54 Å². The number of aliphatic carboxylic acids is 1. The molecule has 1 rings (SSSR count). The third-order valence-corrected chi connectivity index (χ3v) is 1.74. The molecule has 0 aromatic carbocycles. The molecule has 0 radical (unpaired) electrons. The lowest BCUT2D eigenvalue weighted by molar-refractivity contribution is -0.132. The van der Waals surface area contributed by atoms with Crippen LogP contribution >= 0.6 is 0 Å². The molecule has 0 atom stereocenters. The maximum Gasteiger partial charge on any atom is 0.332 e. The van der Waals surface area contributed by atoms with Crippen molar-refractivity contribution in [2.45, 2.75) is 13.5 Å². The first-order valence-electron chi connectivity index (χ1n) is 4.26. The Kier molecular flexibility index (Phi) is 3.48. The lowest BCUT2D eigenvalue weighted by Crippen LogP contribution is -2.19. The van der Waals surface area contributed by atoms with Crippen molar-refractivity contribution in [3.05, 3.63) is 35.8 Å². The Labute approximate surface area is 82.2 Å². The Bertz CT molecular complexity index is 341. The number of hydrogen-bond acceptors (Lipinski definition) is 3. The molecule has 0 aliphatic heterocycles. The van der Waals surface area contributed by atoms with Gasteiger partial charge in [-0.05, 0) is 19.1 Å². The van der Waals surface area contributed by atoms with Crippen LogP contribution in [0.25, 0.3) is 0 Å². The van der Waals surface area contributed by atoms with E-state index in [1.165, 1.54) is 0 Å². The van der Waals surface area contributed by atoms with E-state index in [9.17, 15) is 4.79 Å². The number of carbonyl (C=O) groups is 1. The molecule has 0 spiro atoms. The summed E-state index contributed by atoms with van der Waals surface area (Å²) in [7, 11) is 0. The van der Waals surface area contributed by atoms with Crippen LogP contribution in [0.4, 0.5) is 0 Å². The Balaban J connectivity index is 2.29. The SMILES string of the molecule is C=C(CNCc1ccc(C)o1)C(=O)O. The van der Waals surface area contributed by atoms with Gasteiger partial charge in [0.1, 0.15) is 11.5 Å². The van der Waals surface area contributed by atoms with Gasteiger partial charge in [-0.25, -0.2) is 4.79 Å². The van der Waals surface area contributed by atoms with Crippen LogP contribution in [0.2, 0.25) is 0 Å². The maximum absolute atomic E-state index is 10.4. The molecule has 0 bridgehead atoms. The van der Waals surface area contributed by atoms with Crippen LogP contribution in [0.3, 0.4) is 0 Å². The van der Waals surface area contributed by atoms with Gasteiger partial charge in [0.25, 0.3) is 0 Å². The van der Waals surface area contributed by atoms with Crippen molar-refractivity contribution in [1.29, 1.82) is 0 Å². The van der Waals surface area contributed by atoms with E-state index < -0.39 is 5.97 Å². The summed E-state index contributed by atoms with van der Waals surface area (Å²) in [5, 5.41) is 11.4. The number of carboxylic acids is 1. The molecule has 0 saturated heterocycles. The smallest absolute Gasteiger partial charge is 0.332 e. The first-order chi connectivity index (χ1) is 6.59. The first kappa shape index (κ1) is 10.5. The van der Waals surface area contributed by atoms with Gasteiger partial charge in [0.15, 0.2) is 0 Å². The Hall–Kier alpha value is -1.55. The standard InChI is InChI=1S/C10H13NO3/c1-7(10(12)13)5-11-6-9-4-3-8(2)14-9/h3-4,11H,1,5-6H2,2H3,(H,12,13). The molecule has 0 fully saturated rings. The highest BCUT2D eigenvalue weighted by atomic mass is 16.4. The highest BCUT2D eigenvalue weighted by Gasteiger charge is 2.03. The van der Waals surface area contributed by atoms with Crippen LogP contribution in [0, 0.1) is 6.92 Å². The molecule has 4 nitrogen and oxygen atoms in total. The number of aryl methyl sites for hydroxylation is 1. The van der Waals surface area contributed by atoms with Crippen LogP contribution in [0.1, 0.15) is 11.5 Å². The van der Waals surface area contributed by atoms with Gasteiger partial charge in [0.2, 0.25) is 0 Å². The first-order valence-corrected chi connectivity index (χ1v) is 4.26. The highest BCUT2D eigenvalue weighted by molar-refractivity contribution is 5.86. The molecule has 0 aliphatic rings. The number of carboxylic acid groups (broad SMARTS) is 1. The molecule has 0 saturated carbocycles. The minimum atomic E-state index is -0.979. The van der Waals surface area contributed by atoms with Crippen molar-refractivity contribution in [3.8, 4) is 0 Å². The lowest BCUT2D eigenvalue weighted by atomic mass is 10.3. The Morgan fingerprint density at radius 2 is 2.36 bits per heavy atom. The van der Waals surface area contributed by atoms with Gasteiger partial charge in [0.05, 0.1) is 6.54 Å². The quantitative estimate of drug-likeness (QED) is 0.695. The fourth-order valence-corrected chi connectivity index (χ4v) is 0.992. The minimum Gasteiger partial charge on any atom is -0.478 e. The van der Waals surface area contributed by atoms with Crippen LogP contribution in [-0.2, 0) is 11.3 Å². The van der Waals surface area contributed by atoms with Gasteiger partial charge in [0, 0.05) is 12.1 Å². The fourth-order valence-electron chi connectivity index (χ4n) is 0.992. The van der Waals surface area contributed by atoms with Gasteiger partial charge in [-0.3, -0.25) is 0 Å². The van der Waals surface area contributed by atoms with Crippen LogP contribution in [0.5, 0.6) is 0 Å². The van der Waals surface area contributed by atoms with Crippen LogP contribution in [-0.4, -0.2) is 17.6 Å². The van der Waals surface area contributed by atoms with Crippen molar-refractivity contribution in [2.75, 3.05) is 6.54 Å². The van der Waals surface area contributed by atoms with E-state index in [0.717, 1.165) is 11.5 Å². The molecular weight excluding hydrogens is 182 g/mol. The zero-order chi connectivity index (χ0) is 10.6. The molecule has 0 unspecified atom stereocenters. The van der Waals surface area contributed by atoms with Gasteiger partial charge in [-0.2, -0.15) is 0 Å². The molecule has 0 amide bonds. The zero-order valence-corrected chi connectivity index (χ0v) is 8.04. The Morgan fingerprint density at radius 1 is 1.64 bits per heavy atom. The molecule has 14 heavy (non-hydrogen) atoms. The van der Waals surface area contributed by atoms with Crippen molar-refractivity contribution in [1.82, 2.24) is 5.32 Å². The second-order valence-corrected chi connectivity index (χ2v) is 3.02. The molecule has 2 N–H and O–H groups in total. The average Bonchev–Trinajstić information content (AvgIpc) is 2.51. The summed E-state index contributed by atoms with van der Waals surface area (Å²) >= 11 is 0.